The Labute approximate surface area is 163 Å². The monoisotopic (exact) mass is 377 g/mol. The molecular weight excluding hydrogens is 354 g/mol. The summed E-state index contributed by atoms with van der Waals surface area (Å²) in [5.74, 6) is 0.629. The van der Waals surface area contributed by atoms with Gasteiger partial charge in [0.2, 0.25) is 5.95 Å². The average molecular weight is 377 g/mol. The second-order valence-electron chi connectivity index (χ2n) is 7.06. The van der Waals surface area contributed by atoms with E-state index >= 15 is 0 Å². The Morgan fingerprint density at radius 3 is 2.71 bits per heavy atom. The highest BCUT2D eigenvalue weighted by Gasteiger charge is 2.13. The molecule has 3 aromatic rings. The maximum absolute atomic E-state index is 11.0. The molecule has 0 amide bonds. The lowest BCUT2D eigenvalue weighted by Gasteiger charge is -2.26. The molecule has 1 aliphatic rings. The number of nitrogens with zero attached hydrogens (tertiary/aromatic N) is 5. The van der Waals surface area contributed by atoms with Crippen molar-refractivity contribution in [1.82, 2.24) is 14.5 Å². The van der Waals surface area contributed by atoms with Crippen molar-refractivity contribution in [2.45, 2.75) is 25.8 Å². The smallest absolute Gasteiger partial charge is 0.270 e. The topological polar surface area (TPSA) is 76.6 Å². The highest BCUT2D eigenvalue weighted by Crippen LogP contribution is 2.22. The molecule has 0 atom stereocenters. The molecule has 0 saturated carbocycles. The van der Waals surface area contributed by atoms with Crippen LogP contribution in [0.15, 0.2) is 53.5 Å². The van der Waals surface area contributed by atoms with Crippen LogP contribution in [0.3, 0.4) is 0 Å². The van der Waals surface area contributed by atoms with Crippen molar-refractivity contribution in [3.05, 3.63) is 64.2 Å². The van der Waals surface area contributed by atoms with Crippen LogP contribution in [-0.2, 0) is 6.54 Å². The van der Waals surface area contributed by atoms with Gasteiger partial charge in [-0.25, -0.2) is 9.98 Å². The largest absolute Gasteiger partial charge is 0.307 e. The lowest BCUT2D eigenvalue weighted by molar-refractivity contribution is -0.384. The molecule has 0 unspecified atom stereocenters. The Morgan fingerprint density at radius 1 is 1.07 bits per heavy atom. The molecule has 2 aromatic carbocycles. The third-order valence-electron chi connectivity index (χ3n) is 5.13. The number of hydrogen-bond acceptors (Lipinski definition) is 5. The van der Waals surface area contributed by atoms with Gasteiger partial charge in [0.05, 0.1) is 16.0 Å². The Kier molecular flexibility index (Phi) is 5.43. The molecule has 1 saturated heterocycles. The van der Waals surface area contributed by atoms with Gasteiger partial charge in [-0.3, -0.25) is 10.1 Å². The molecule has 1 fully saturated rings. The van der Waals surface area contributed by atoms with Crippen LogP contribution in [0.2, 0.25) is 0 Å². The number of non-ortho nitro benzene ring substituents is 1. The number of fused-ring (bicyclic) bond motifs is 1. The van der Waals surface area contributed by atoms with E-state index in [1.807, 2.05) is 18.2 Å². The van der Waals surface area contributed by atoms with Crippen molar-refractivity contribution < 1.29 is 4.92 Å². The number of likely N-dealkylation sites (tertiary alicyclic amines) is 1. The maximum atomic E-state index is 11.0. The van der Waals surface area contributed by atoms with E-state index in [-0.39, 0.29) is 5.69 Å². The minimum atomic E-state index is -0.398. The molecule has 7 nitrogen and oxygen atoms in total. The zero-order chi connectivity index (χ0) is 19.3. The molecule has 7 heteroatoms. The van der Waals surface area contributed by atoms with Gasteiger partial charge < -0.3 is 9.47 Å². The Balaban J connectivity index is 1.60. The van der Waals surface area contributed by atoms with Crippen LogP contribution in [0.5, 0.6) is 0 Å². The van der Waals surface area contributed by atoms with E-state index < -0.39 is 4.92 Å². The first-order valence-electron chi connectivity index (χ1n) is 9.67. The predicted octanol–water partition coefficient (Wildman–Crippen LogP) is 4.18. The first-order chi connectivity index (χ1) is 13.7. The Bertz CT molecular complexity index is 1000. The Hall–Kier alpha value is -3.06. The average Bonchev–Trinajstić information content (AvgIpc) is 3.09. The van der Waals surface area contributed by atoms with Gasteiger partial charge >= 0.3 is 0 Å². The molecule has 144 valence electrons. The minimum Gasteiger partial charge on any atom is -0.307 e. The summed E-state index contributed by atoms with van der Waals surface area (Å²) in [6.45, 7) is 4.10. The van der Waals surface area contributed by atoms with Gasteiger partial charge in [-0.15, -0.1) is 0 Å². The van der Waals surface area contributed by atoms with Gasteiger partial charge in [0.15, 0.2) is 0 Å². The van der Waals surface area contributed by atoms with Crippen LogP contribution in [0.25, 0.3) is 11.0 Å². The number of piperidine rings is 1. The zero-order valence-corrected chi connectivity index (χ0v) is 15.7. The van der Waals surface area contributed by atoms with Crippen molar-refractivity contribution >= 4 is 28.9 Å². The summed E-state index contributed by atoms with van der Waals surface area (Å²) in [7, 11) is 0. The van der Waals surface area contributed by atoms with Crippen LogP contribution in [0, 0.1) is 10.1 Å². The number of imidazole rings is 1. The van der Waals surface area contributed by atoms with Gasteiger partial charge in [-0.2, -0.15) is 0 Å². The predicted molar refractivity (Wildman–Crippen MR) is 110 cm³/mol. The fourth-order valence-electron chi connectivity index (χ4n) is 3.66. The van der Waals surface area contributed by atoms with E-state index in [1.165, 1.54) is 31.4 Å². The highest BCUT2D eigenvalue weighted by atomic mass is 16.6. The summed E-state index contributed by atoms with van der Waals surface area (Å²) in [4.78, 5) is 22.3. The SMILES string of the molecule is O=[N+]([O-])c1cccc(/C=N\c2nc3ccccc3n2CCN2CCCCC2)c1. The van der Waals surface area contributed by atoms with Gasteiger partial charge in [0.25, 0.3) is 5.69 Å². The van der Waals surface area contributed by atoms with Gasteiger partial charge in [-0.05, 0) is 43.6 Å². The van der Waals surface area contributed by atoms with Gasteiger partial charge in [0, 0.05) is 31.4 Å². The number of benzene rings is 2. The van der Waals surface area contributed by atoms with Crippen LogP contribution >= 0.6 is 0 Å². The highest BCUT2D eigenvalue weighted by molar-refractivity contribution is 5.84. The van der Waals surface area contributed by atoms with Gasteiger partial charge in [0.1, 0.15) is 0 Å². The molecule has 1 aromatic heterocycles. The number of aromatic nitrogens is 2. The molecule has 28 heavy (non-hydrogen) atoms. The normalized spacial score (nSPS) is 15.4. The van der Waals surface area contributed by atoms with Crippen molar-refractivity contribution in [1.29, 1.82) is 0 Å². The molecule has 0 aliphatic carbocycles. The van der Waals surface area contributed by atoms with Crippen molar-refractivity contribution in [2.75, 3.05) is 19.6 Å². The third kappa shape index (κ3) is 4.09. The van der Waals surface area contributed by atoms with Crippen LogP contribution in [-0.4, -0.2) is 45.2 Å². The van der Waals surface area contributed by atoms with Crippen LogP contribution < -0.4 is 0 Å². The second-order valence-corrected chi connectivity index (χ2v) is 7.06. The van der Waals surface area contributed by atoms with E-state index in [1.54, 1.807) is 18.3 Å². The van der Waals surface area contributed by atoms with Crippen molar-refractivity contribution in [3.63, 3.8) is 0 Å². The lowest BCUT2D eigenvalue weighted by atomic mass is 10.1. The molecule has 2 heterocycles. The number of nitro benzene ring substituents is 1. The standard InChI is InChI=1S/C21H23N5O2/c27-26(28)18-8-6-7-17(15-18)16-22-21-23-19-9-2-3-10-20(19)25(21)14-13-24-11-4-1-5-12-24/h2-3,6-10,15-16H,1,4-5,11-14H2/b22-16-. The summed E-state index contributed by atoms with van der Waals surface area (Å²) in [6.07, 6.45) is 5.50. The second kappa shape index (κ2) is 8.31. The minimum absolute atomic E-state index is 0.0579. The number of para-hydroxylation sites is 2. The fourth-order valence-corrected chi connectivity index (χ4v) is 3.66. The zero-order valence-electron chi connectivity index (χ0n) is 15.7. The summed E-state index contributed by atoms with van der Waals surface area (Å²) in [5.41, 5.74) is 2.71. The fraction of sp³-hybridized carbons (Fsp3) is 0.333. The van der Waals surface area contributed by atoms with Gasteiger partial charge in [-0.1, -0.05) is 30.7 Å². The van der Waals surface area contributed by atoms with E-state index in [4.69, 9.17) is 0 Å². The molecule has 4 rings (SSSR count). The summed E-state index contributed by atoms with van der Waals surface area (Å²) in [5, 5.41) is 11.0. The van der Waals surface area contributed by atoms with Crippen molar-refractivity contribution in [2.24, 2.45) is 4.99 Å². The first kappa shape index (κ1) is 18.3. The number of rotatable bonds is 6. The van der Waals surface area contributed by atoms with E-state index in [9.17, 15) is 10.1 Å². The van der Waals surface area contributed by atoms with Crippen molar-refractivity contribution in [3.8, 4) is 0 Å². The Morgan fingerprint density at radius 2 is 1.89 bits per heavy atom. The molecule has 0 radical (unpaired) electrons. The summed E-state index contributed by atoms with van der Waals surface area (Å²) < 4.78 is 2.14. The molecule has 0 N–H and O–H groups in total. The maximum Gasteiger partial charge on any atom is 0.270 e. The molecule has 0 spiro atoms. The van der Waals surface area contributed by atoms with Crippen LogP contribution in [0.4, 0.5) is 11.6 Å². The van der Waals surface area contributed by atoms with E-state index in [0.717, 1.165) is 37.2 Å². The molecule has 0 bridgehead atoms. The quantitative estimate of drug-likeness (QED) is 0.367. The van der Waals surface area contributed by atoms with Crippen LogP contribution in [0.1, 0.15) is 24.8 Å². The lowest BCUT2D eigenvalue weighted by Crippen LogP contribution is -2.32. The third-order valence-corrected chi connectivity index (χ3v) is 5.13. The van der Waals surface area contributed by atoms with E-state index in [0.29, 0.717) is 11.5 Å². The molecule has 1 aliphatic heterocycles. The first-order valence-corrected chi connectivity index (χ1v) is 9.67. The number of aliphatic imine (C=N–C) groups is 1. The number of nitro groups is 1. The number of hydrogen-bond donors (Lipinski definition) is 0. The molecular formula is C21H23N5O2. The van der Waals surface area contributed by atoms with E-state index in [2.05, 4.69) is 25.5 Å². The summed E-state index contributed by atoms with van der Waals surface area (Å²) in [6, 6.07) is 14.5. The summed E-state index contributed by atoms with van der Waals surface area (Å²) >= 11 is 0.